The van der Waals surface area contributed by atoms with E-state index >= 15 is 0 Å². The molecule has 0 radical (unpaired) electrons. The van der Waals surface area contributed by atoms with Crippen molar-refractivity contribution in [1.29, 1.82) is 0 Å². The van der Waals surface area contributed by atoms with Crippen molar-refractivity contribution in [3.05, 3.63) is 65.7 Å². The molecule has 27 heavy (non-hydrogen) atoms. The summed E-state index contributed by atoms with van der Waals surface area (Å²) < 4.78 is 39.6. The van der Waals surface area contributed by atoms with Gasteiger partial charge in [0.2, 0.25) is 0 Å². The van der Waals surface area contributed by atoms with Crippen molar-refractivity contribution in [1.82, 2.24) is 0 Å². The van der Waals surface area contributed by atoms with Gasteiger partial charge in [0.05, 0.1) is 17.7 Å². The van der Waals surface area contributed by atoms with Gasteiger partial charge in [-0.15, -0.1) is 0 Å². The maximum Gasteiger partial charge on any atom is 0.262 e. The van der Waals surface area contributed by atoms with Crippen LogP contribution in [0.3, 0.4) is 0 Å². The third-order valence-electron chi connectivity index (χ3n) is 4.57. The van der Waals surface area contributed by atoms with Gasteiger partial charge >= 0.3 is 0 Å². The number of fused-ring (bicyclic) bond motifs is 3. The molecule has 0 aliphatic carbocycles. The van der Waals surface area contributed by atoms with Crippen LogP contribution in [0.4, 0.5) is 5.69 Å². The van der Waals surface area contributed by atoms with Gasteiger partial charge in [-0.2, -0.15) is 0 Å². The summed E-state index contributed by atoms with van der Waals surface area (Å²) >= 11 is 0. The average Bonchev–Trinajstić information content (AvgIpc) is 2.98. The van der Waals surface area contributed by atoms with E-state index in [9.17, 15) is 8.42 Å². The van der Waals surface area contributed by atoms with E-state index in [2.05, 4.69) is 4.72 Å². The highest BCUT2D eigenvalue weighted by molar-refractivity contribution is 7.92. The number of nitrogens with one attached hydrogen (secondary N) is 1. The van der Waals surface area contributed by atoms with E-state index in [1.54, 1.807) is 45.2 Å². The Balaban J connectivity index is 1.76. The molecule has 4 rings (SSSR count). The fourth-order valence-electron chi connectivity index (χ4n) is 3.45. The lowest BCUT2D eigenvalue weighted by atomic mass is 10.1. The van der Waals surface area contributed by atoms with Gasteiger partial charge in [0.1, 0.15) is 16.9 Å². The second-order valence-electron chi connectivity index (χ2n) is 6.50. The lowest BCUT2D eigenvalue weighted by Crippen LogP contribution is -2.15. The number of anilines is 1. The highest BCUT2D eigenvalue weighted by Gasteiger charge is 2.21. The second kappa shape index (κ2) is 6.32. The molecule has 0 saturated heterocycles. The first-order valence-electron chi connectivity index (χ1n) is 8.48. The molecule has 0 aliphatic rings. The smallest absolute Gasteiger partial charge is 0.262 e. The minimum absolute atomic E-state index is 0.257. The number of para-hydroxylation sites is 1. The van der Waals surface area contributed by atoms with Crippen LogP contribution in [0.15, 0.2) is 63.9 Å². The fourth-order valence-corrected chi connectivity index (χ4v) is 4.95. The second-order valence-corrected chi connectivity index (χ2v) is 8.12. The van der Waals surface area contributed by atoms with E-state index in [1.165, 1.54) is 0 Å². The van der Waals surface area contributed by atoms with Crippen molar-refractivity contribution in [2.24, 2.45) is 0 Å². The Morgan fingerprint density at radius 1 is 0.889 bits per heavy atom. The lowest BCUT2D eigenvalue weighted by Gasteiger charge is -2.14. The Morgan fingerprint density at radius 2 is 1.56 bits per heavy atom. The number of hydrogen-bond donors (Lipinski definition) is 1. The molecule has 1 heterocycles. The topological polar surface area (TPSA) is 68.5 Å². The number of ether oxygens (including phenoxy) is 1. The van der Waals surface area contributed by atoms with Gasteiger partial charge in [-0.3, -0.25) is 4.72 Å². The molecule has 4 aromatic rings. The van der Waals surface area contributed by atoms with Gasteiger partial charge in [-0.25, -0.2) is 8.42 Å². The lowest BCUT2D eigenvalue weighted by molar-refractivity contribution is 0.413. The maximum absolute atomic E-state index is 13.0. The number of methoxy groups -OCH3 is 1. The first-order valence-corrected chi connectivity index (χ1v) is 9.97. The third kappa shape index (κ3) is 3.02. The molecule has 0 amide bonds. The van der Waals surface area contributed by atoms with Gasteiger partial charge in [-0.05, 0) is 55.3 Å². The van der Waals surface area contributed by atoms with Crippen molar-refractivity contribution < 1.29 is 17.6 Å². The number of hydrogen-bond acceptors (Lipinski definition) is 4. The number of rotatable bonds is 4. The van der Waals surface area contributed by atoms with E-state index in [0.717, 1.165) is 16.4 Å². The summed E-state index contributed by atoms with van der Waals surface area (Å²) in [5, 5.41) is 1.95. The quantitative estimate of drug-likeness (QED) is 0.539. The maximum atomic E-state index is 13.0. The molecule has 0 aliphatic heterocycles. The Morgan fingerprint density at radius 3 is 2.26 bits per heavy atom. The minimum Gasteiger partial charge on any atom is -0.497 e. The van der Waals surface area contributed by atoms with Gasteiger partial charge in [0, 0.05) is 16.8 Å². The van der Waals surface area contributed by atoms with Crippen molar-refractivity contribution in [2.45, 2.75) is 18.7 Å². The molecule has 0 unspecified atom stereocenters. The highest BCUT2D eigenvalue weighted by atomic mass is 32.2. The molecule has 3 aromatic carbocycles. The van der Waals surface area contributed by atoms with Crippen LogP contribution in [0.1, 0.15) is 11.1 Å². The predicted molar refractivity (Wildman–Crippen MR) is 107 cm³/mol. The van der Waals surface area contributed by atoms with E-state index in [1.807, 2.05) is 30.3 Å². The number of sulfonamides is 1. The molecular weight excluding hydrogens is 362 g/mol. The summed E-state index contributed by atoms with van der Waals surface area (Å²) in [6.07, 6.45) is 0. The van der Waals surface area contributed by atoms with Crippen LogP contribution in [0.2, 0.25) is 0 Å². The van der Waals surface area contributed by atoms with Crippen LogP contribution in [0.25, 0.3) is 21.9 Å². The van der Waals surface area contributed by atoms with E-state index in [4.69, 9.17) is 9.15 Å². The van der Waals surface area contributed by atoms with Gasteiger partial charge in [-0.1, -0.05) is 18.2 Å². The van der Waals surface area contributed by atoms with Crippen LogP contribution in [-0.2, 0) is 10.0 Å². The van der Waals surface area contributed by atoms with Gasteiger partial charge in [0.25, 0.3) is 10.0 Å². The van der Waals surface area contributed by atoms with Crippen LogP contribution in [0, 0.1) is 13.8 Å². The Hall–Kier alpha value is -2.99. The number of benzene rings is 3. The zero-order chi connectivity index (χ0) is 19.2. The third-order valence-corrected chi connectivity index (χ3v) is 6.26. The monoisotopic (exact) mass is 381 g/mol. The fraction of sp³-hybridized carbons (Fsp3) is 0.143. The van der Waals surface area contributed by atoms with Crippen molar-refractivity contribution in [3.8, 4) is 5.75 Å². The summed E-state index contributed by atoms with van der Waals surface area (Å²) in [5.74, 6) is 0.632. The van der Waals surface area contributed by atoms with Crippen molar-refractivity contribution in [3.63, 3.8) is 0 Å². The molecular formula is C21H19NO4S. The van der Waals surface area contributed by atoms with Crippen molar-refractivity contribution in [2.75, 3.05) is 11.8 Å². The molecule has 1 N–H and O–H groups in total. The number of furan rings is 1. The molecule has 0 fully saturated rings. The summed E-state index contributed by atoms with van der Waals surface area (Å²) in [4.78, 5) is 0.257. The normalized spacial score (nSPS) is 11.8. The van der Waals surface area contributed by atoms with E-state index < -0.39 is 10.0 Å². The zero-order valence-electron chi connectivity index (χ0n) is 15.2. The molecule has 0 bridgehead atoms. The molecule has 5 nitrogen and oxygen atoms in total. The van der Waals surface area contributed by atoms with Crippen LogP contribution in [0.5, 0.6) is 5.75 Å². The first-order chi connectivity index (χ1) is 12.9. The SMILES string of the molecule is COc1cc(C)c(S(=O)(=O)Nc2ccc3c(c2)oc2ccccc23)c(C)c1. The molecule has 0 spiro atoms. The standard InChI is InChI=1S/C21H19NO4S/c1-13-10-16(25-3)11-14(2)21(13)27(23,24)22-15-8-9-18-17-6-4-5-7-19(17)26-20(18)12-15/h4-12,22H,1-3H3. The highest BCUT2D eigenvalue weighted by Crippen LogP contribution is 2.32. The summed E-state index contributed by atoms with van der Waals surface area (Å²) in [5.41, 5.74) is 3.12. The number of aryl methyl sites for hydroxylation is 2. The van der Waals surface area contributed by atoms with Gasteiger partial charge < -0.3 is 9.15 Å². The largest absolute Gasteiger partial charge is 0.497 e. The summed E-state index contributed by atoms with van der Waals surface area (Å²) in [6, 6.07) is 16.5. The minimum atomic E-state index is -3.75. The molecule has 1 aromatic heterocycles. The van der Waals surface area contributed by atoms with Gasteiger partial charge in [0.15, 0.2) is 0 Å². The van der Waals surface area contributed by atoms with E-state index in [0.29, 0.717) is 28.1 Å². The Labute approximate surface area is 157 Å². The molecule has 138 valence electrons. The van der Waals surface area contributed by atoms with Crippen LogP contribution < -0.4 is 9.46 Å². The summed E-state index contributed by atoms with van der Waals surface area (Å²) in [6.45, 7) is 3.51. The first kappa shape index (κ1) is 17.4. The van der Waals surface area contributed by atoms with Crippen LogP contribution >= 0.6 is 0 Å². The van der Waals surface area contributed by atoms with Crippen LogP contribution in [-0.4, -0.2) is 15.5 Å². The van der Waals surface area contributed by atoms with E-state index in [-0.39, 0.29) is 4.90 Å². The Bertz CT molecular complexity index is 1250. The average molecular weight is 381 g/mol. The summed E-state index contributed by atoms with van der Waals surface area (Å²) in [7, 11) is -2.19. The molecule has 0 atom stereocenters. The van der Waals surface area contributed by atoms with Crippen molar-refractivity contribution >= 4 is 37.6 Å². The molecule has 6 heteroatoms. The zero-order valence-corrected chi connectivity index (χ0v) is 16.1. The predicted octanol–water partition coefficient (Wildman–Crippen LogP) is 5.01. The molecule has 0 saturated carbocycles. The Kier molecular flexibility index (Phi) is 4.08.